The van der Waals surface area contributed by atoms with Crippen molar-refractivity contribution < 1.29 is 14.7 Å². The third-order valence-electron chi connectivity index (χ3n) is 4.77. The quantitative estimate of drug-likeness (QED) is 0.783. The molecule has 0 bridgehead atoms. The van der Waals surface area contributed by atoms with Gasteiger partial charge in [0.1, 0.15) is 0 Å². The van der Waals surface area contributed by atoms with E-state index in [4.69, 9.17) is 5.11 Å². The Bertz CT molecular complexity index is 381. The first-order valence-electron chi connectivity index (χ1n) is 8.45. The second-order valence-corrected chi connectivity index (χ2v) is 6.70. The van der Waals surface area contributed by atoms with E-state index < -0.39 is 5.97 Å². The van der Waals surface area contributed by atoms with Gasteiger partial charge in [-0.3, -0.25) is 9.59 Å². The van der Waals surface area contributed by atoms with Crippen molar-refractivity contribution in [3.8, 4) is 0 Å². The highest BCUT2D eigenvalue weighted by Crippen LogP contribution is 2.19. The van der Waals surface area contributed by atoms with Crippen molar-refractivity contribution in [1.29, 1.82) is 0 Å². The number of rotatable bonds is 6. The fraction of sp³-hybridized carbons (Fsp3) is 0.875. The van der Waals surface area contributed by atoms with Gasteiger partial charge in [-0.25, -0.2) is 0 Å². The first kappa shape index (κ1) is 17.2. The molecule has 0 spiro atoms. The number of piperazine rings is 1. The zero-order valence-corrected chi connectivity index (χ0v) is 13.7. The van der Waals surface area contributed by atoms with Crippen molar-refractivity contribution in [2.45, 2.75) is 32.1 Å². The Labute approximate surface area is 133 Å². The van der Waals surface area contributed by atoms with Crippen LogP contribution in [0.25, 0.3) is 0 Å². The summed E-state index contributed by atoms with van der Waals surface area (Å²) in [6.07, 6.45) is 3.18. The van der Waals surface area contributed by atoms with Crippen LogP contribution in [0.3, 0.4) is 0 Å². The van der Waals surface area contributed by atoms with Crippen LogP contribution in [0.5, 0.6) is 0 Å². The predicted molar refractivity (Wildman–Crippen MR) is 84.7 cm³/mol. The molecule has 0 unspecified atom stereocenters. The van der Waals surface area contributed by atoms with Gasteiger partial charge in [-0.05, 0) is 32.2 Å². The standard InChI is InChI=1S/C16H29N3O3/c1-17-8-10-18(11-9-17)12-14-4-3-7-19(13-14)15(20)5-2-6-16(21)22/h14H,2-13H2,1H3,(H,21,22)/t14-/m1/s1. The molecular formula is C16H29N3O3. The van der Waals surface area contributed by atoms with Gasteiger partial charge < -0.3 is 19.8 Å². The molecule has 6 heteroatoms. The van der Waals surface area contributed by atoms with Gasteiger partial charge in [0.15, 0.2) is 0 Å². The fourth-order valence-electron chi connectivity index (χ4n) is 3.39. The molecule has 1 amide bonds. The van der Waals surface area contributed by atoms with Gasteiger partial charge in [0.05, 0.1) is 0 Å². The highest BCUT2D eigenvalue weighted by atomic mass is 16.4. The summed E-state index contributed by atoms with van der Waals surface area (Å²) in [5, 5.41) is 8.65. The second kappa shape index (κ2) is 8.48. The lowest BCUT2D eigenvalue weighted by Gasteiger charge is -2.38. The Morgan fingerprint density at radius 2 is 1.82 bits per heavy atom. The largest absolute Gasteiger partial charge is 0.481 e. The summed E-state index contributed by atoms with van der Waals surface area (Å²) in [6, 6.07) is 0. The number of carboxylic acids is 1. The Kier molecular flexibility index (Phi) is 6.64. The lowest BCUT2D eigenvalue weighted by Crippen LogP contribution is -2.49. The number of carbonyl (C=O) groups is 2. The average molecular weight is 311 g/mol. The molecule has 0 aromatic rings. The topological polar surface area (TPSA) is 64.1 Å². The van der Waals surface area contributed by atoms with Crippen LogP contribution >= 0.6 is 0 Å². The lowest BCUT2D eigenvalue weighted by atomic mass is 9.96. The molecule has 0 aliphatic carbocycles. The summed E-state index contributed by atoms with van der Waals surface area (Å²) >= 11 is 0. The minimum absolute atomic E-state index is 0.0876. The van der Waals surface area contributed by atoms with E-state index in [1.807, 2.05) is 4.90 Å². The van der Waals surface area contributed by atoms with E-state index in [0.29, 0.717) is 18.8 Å². The maximum atomic E-state index is 12.2. The van der Waals surface area contributed by atoms with Crippen LogP contribution in [-0.2, 0) is 9.59 Å². The number of carboxylic acid groups (broad SMARTS) is 1. The molecule has 2 aliphatic rings. The molecule has 2 rings (SSSR count). The van der Waals surface area contributed by atoms with E-state index >= 15 is 0 Å². The maximum absolute atomic E-state index is 12.2. The molecule has 2 aliphatic heterocycles. The highest BCUT2D eigenvalue weighted by molar-refractivity contribution is 5.77. The first-order valence-corrected chi connectivity index (χ1v) is 8.45. The number of hydrogen-bond donors (Lipinski definition) is 1. The third-order valence-corrected chi connectivity index (χ3v) is 4.77. The Balaban J connectivity index is 1.71. The minimum atomic E-state index is -0.820. The predicted octanol–water partition coefficient (Wildman–Crippen LogP) is 0.727. The number of likely N-dealkylation sites (N-methyl/N-ethyl adjacent to an activating group) is 1. The van der Waals surface area contributed by atoms with Crippen LogP contribution < -0.4 is 0 Å². The molecule has 0 aromatic heterocycles. The summed E-state index contributed by atoms with van der Waals surface area (Å²) in [4.78, 5) is 29.5. The summed E-state index contributed by atoms with van der Waals surface area (Å²) in [6.45, 7) is 7.28. The van der Waals surface area contributed by atoms with E-state index in [0.717, 1.165) is 52.2 Å². The number of aliphatic carboxylic acids is 1. The molecule has 126 valence electrons. The number of carbonyl (C=O) groups excluding carboxylic acids is 1. The number of piperidine rings is 1. The normalized spacial score (nSPS) is 24.4. The van der Waals surface area contributed by atoms with Gasteiger partial charge in [0, 0.05) is 58.7 Å². The lowest BCUT2D eigenvalue weighted by molar-refractivity contribution is -0.137. The molecule has 2 saturated heterocycles. The number of hydrogen-bond acceptors (Lipinski definition) is 4. The highest BCUT2D eigenvalue weighted by Gasteiger charge is 2.26. The van der Waals surface area contributed by atoms with Crippen molar-refractivity contribution in [3.05, 3.63) is 0 Å². The maximum Gasteiger partial charge on any atom is 0.303 e. The van der Waals surface area contributed by atoms with E-state index in [1.54, 1.807) is 0 Å². The first-order chi connectivity index (χ1) is 10.5. The van der Waals surface area contributed by atoms with Crippen molar-refractivity contribution in [3.63, 3.8) is 0 Å². The summed E-state index contributed by atoms with van der Waals surface area (Å²) < 4.78 is 0. The van der Waals surface area contributed by atoms with Gasteiger partial charge in [-0.15, -0.1) is 0 Å². The Morgan fingerprint density at radius 1 is 1.09 bits per heavy atom. The van der Waals surface area contributed by atoms with E-state index in [9.17, 15) is 9.59 Å². The molecule has 1 atom stereocenters. The van der Waals surface area contributed by atoms with Crippen LogP contribution in [0.4, 0.5) is 0 Å². The smallest absolute Gasteiger partial charge is 0.303 e. The minimum Gasteiger partial charge on any atom is -0.481 e. The summed E-state index contributed by atoms with van der Waals surface area (Å²) in [5.41, 5.74) is 0. The van der Waals surface area contributed by atoms with Crippen LogP contribution in [0, 0.1) is 5.92 Å². The molecule has 6 nitrogen and oxygen atoms in total. The average Bonchev–Trinajstić information content (AvgIpc) is 2.49. The fourth-order valence-corrected chi connectivity index (χ4v) is 3.39. The number of likely N-dealkylation sites (tertiary alicyclic amines) is 1. The van der Waals surface area contributed by atoms with Crippen LogP contribution in [0.2, 0.25) is 0 Å². The SMILES string of the molecule is CN1CCN(C[C@H]2CCCN(C(=O)CCCC(=O)O)C2)CC1. The van der Waals surface area contributed by atoms with Gasteiger partial charge in [-0.1, -0.05) is 0 Å². The zero-order chi connectivity index (χ0) is 15.9. The van der Waals surface area contributed by atoms with Gasteiger partial charge in [0.25, 0.3) is 0 Å². The zero-order valence-electron chi connectivity index (χ0n) is 13.7. The molecular weight excluding hydrogens is 282 g/mol. The van der Waals surface area contributed by atoms with E-state index in [2.05, 4.69) is 16.8 Å². The summed E-state index contributed by atoms with van der Waals surface area (Å²) in [7, 11) is 2.16. The third kappa shape index (κ3) is 5.57. The number of amides is 1. The van der Waals surface area contributed by atoms with Crippen molar-refractivity contribution in [1.82, 2.24) is 14.7 Å². The van der Waals surface area contributed by atoms with Gasteiger partial charge >= 0.3 is 5.97 Å². The van der Waals surface area contributed by atoms with Gasteiger partial charge in [0.2, 0.25) is 5.91 Å². The molecule has 1 N–H and O–H groups in total. The van der Waals surface area contributed by atoms with Crippen LogP contribution in [-0.4, -0.2) is 84.5 Å². The molecule has 22 heavy (non-hydrogen) atoms. The van der Waals surface area contributed by atoms with Crippen molar-refractivity contribution in [2.75, 3.05) is 52.9 Å². The molecule has 0 saturated carbocycles. The summed E-state index contributed by atoms with van der Waals surface area (Å²) in [5.74, 6) is -0.121. The Morgan fingerprint density at radius 3 is 2.50 bits per heavy atom. The van der Waals surface area contributed by atoms with Crippen LogP contribution in [0.15, 0.2) is 0 Å². The van der Waals surface area contributed by atoms with E-state index in [1.165, 1.54) is 6.42 Å². The monoisotopic (exact) mass is 311 g/mol. The molecule has 0 aromatic carbocycles. The second-order valence-electron chi connectivity index (χ2n) is 6.70. The number of nitrogens with zero attached hydrogens (tertiary/aromatic N) is 3. The van der Waals surface area contributed by atoms with Crippen molar-refractivity contribution in [2.24, 2.45) is 5.92 Å². The molecule has 0 radical (unpaired) electrons. The molecule has 2 fully saturated rings. The van der Waals surface area contributed by atoms with Crippen LogP contribution in [0.1, 0.15) is 32.1 Å². The van der Waals surface area contributed by atoms with Gasteiger partial charge in [-0.2, -0.15) is 0 Å². The molecule has 2 heterocycles. The van der Waals surface area contributed by atoms with Crippen molar-refractivity contribution >= 4 is 11.9 Å². The Hall–Kier alpha value is -1.14. The van der Waals surface area contributed by atoms with E-state index in [-0.39, 0.29) is 12.3 Å².